The molecule has 0 aromatic carbocycles. The third kappa shape index (κ3) is 3.21. The predicted octanol–water partition coefficient (Wildman–Crippen LogP) is 1.15. The maximum Gasteiger partial charge on any atom is 0.0636 e. The molecule has 0 bridgehead atoms. The Morgan fingerprint density at radius 1 is 1.55 bits per heavy atom. The van der Waals surface area contributed by atoms with E-state index in [1.807, 2.05) is 6.92 Å². The van der Waals surface area contributed by atoms with E-state index in [2.05, 4.69) is 12.2 Å². The Hall–Kier alpha value is -0.0800. The van der Waals surface area contributed by atoms with Gasteiger partial charge in [0.15, 0.2) is 0 Å². The second-order valence-electron chi connectivity index (χ2n) is 3.87. The van der Waals surface area contributed by atoms with Gasteiger partial charge in [0.1, 0.15) is 0 Å². The van der Waals surface area contributed by atoms with Gasteiger partial charge in [-0.3, -0.25) is 0 Å². The number of hydrogen-bond acceptors (Lipinski definition) is 2. The Morgan fingerprint density at radius 2 is 2.27 bits per heavy atom. The summed E-state index contributed by atoms with van der Waals surface area (Å²) in [5.41, 5.74) is 0. The smallest absolute Gasteiger partial charge is 0.0636 e. The van der Waals surface area contributed by atoms with Crippen molar-refractivity contribution in [2.24, 2.45) is 5.92 Å². The molecule has 3 atom stereocenters. The zero-order valence-electron chi connectivity index (χ0n) is 7.51. The maximum absolute atomic E-state index is 9.02. The Morgan fingerprint density at radius 3 is 2.73 bits per heavy atom. The Labute approximate surface area is 69.0 Å². The topological polar surface area (TPSA) is 32.3 Å². The highest BCUT2D eigenvalue weighted by Gasteiger charge is 2.20. The van der Waals surface area contributed by atoms with Crippen molar-refractivity contribution in [3.63, 3.8) is 0 Å². The summed E-state index contributed by atoms with van der Waals surface area (Å²) < 4.78 is 0. The van der Waals surface area contributed by atoms with E-state index >= 15 is 0 Å². The minimum Gasteiger partial charge on any atom is -0.392 e. The van der Waals surface area contributed by atoms with Crippen LogP contribution in [-0.4, -0.2) is 23.8 Å². The van der Waals surface area contributed by atoms with Crippen molar-refractivity contribution in [2.75, 3.05) is 6.54 Å². The van der Waals surface area contributed by atoms with Gasteiger partial charge in [0, 0.05) is 12.6 Å². The molecular weight excluding hydrogens is 138 g/mol. The van der Waals surface area contributed by atoms with Crippen molar-refractivity contribution >= 4 is 0 Å². The van der Waals surface area contributed by atoms with Gasteiger partial charge < -0.3 is 10.4 Å². The molecule has 11 heavy (non-hydrogen) atoms. The molecule has 0 amide bonds. The molecule has 2 nitrogen and oxygen atoms in total. The first kappa shape index (κ1) is 9.01. The number of nitrogens with one attached hydrogen (secondary N) is 1. The second kappa shape index (κ2) is 4.07. The Balaban J connectivity index is 2.08. The van der Waals surface area contributed by atoms with Crippen LogP contribution in [0.25, 0.3) is 0 Å². The zero-order chi connectivity index (χ0) is 8.27. The zero-order valence-corrected chi connectivity index (χ0v) is 7.51. The van der Waals surface area contributed by atoms with E-state index in [4.69, 9.17) is 5.11 Å². The van der Waals surface area contributed by atoms with Crippen LogP contribution >= 0.6 is 0 Å². The SMILES string of the molecule is C[C@@H]1CC[C@@H](NC[C@H](C)O)C1. The van der Waals surface area contributed by atoms with Gasteiger partial charge >= 0.3 is 0 Å². The predicted molar refractivity (Wildman–Crippen MR) is 46.5 cm³/mol. The van der Waals surface area contributed by atoms with E-state index in [-0.39, 0.29) is 6.10 Å². The van der Waals surface area contributed by atoms with Crippen molar-refractivity contribution in [3.8, 4) is 0 Å². The van der Waals surface area contributed by atoms with Crippen LogP contribution in [0.4, 0.5) is 0 Å². The van der Waals surface area contributed by atoms with Crippen molar-refractivity contribution in [1.29, 1.82) is 0 Å². The van der Waals surface area contributed by atoms with Crippen molar-refractivity contribution in [3.05, 3.63) is 0 Å². The summed E-state index contributed by atoms with van der Waals surface area (Å²) in [6.45, 7) is 4.87. The summed E-state index contributed by atoms with van der Waals surface area (Å²) in [6, 6.07) is 0.666. The Kier molecular flexibility index (Phi) is 3.34. The molecule has 1 fully saturated rings. The lowest BCUT2D eigenvalue weighted by Crippen LogP contribution is -2.32. The molecule has 0 aromatic heterocycles. The molecule has 0 radical (unpaired) electrons. The molecule has 0 aliphatic heterocycles. The summed E-state index contributed by atoms with van der Waals surface area (Å²) >= 11 is 0. The number of aliphatic hydroxyl groups excluding tert-OH is 1. The van der Waals surface area contributed by atoms with Gasteiger partial charge in [-0.1, -0.05) is 6.92 Å². The van der Waals surface area contributed by atoms with Crippen molar-refractivity contribution in [1.82, 2.24) is 5.32 Å². The van der Waals surface area contributed by atoms with E-state index in [0.717, 1.165) is 12.5 Å². The highest BCUT2D eigenvalue weighted by Crippen LogP contribution is 2.24. The lowest BCUT2D eigenvalue weighted by Gasteiger charge is -2.13. The molecule has 66 valence electrons. The van der Waals surface area contributed by atoms with E-state index in [1.54, 1.807) is 0 Å². The van der Waals surface area contributed by atoms with Crippen molar-refractivity contribution < 1.29 is 5.11 Å². The van der Waals surface area contributed by atoms with Gasteiger partial charge in [0.25, 0.3) is 0 Å². The first-order chi connectivity index (χ1) is 5.18. The molecule has 1 aliphatic carbocycles. The third-order valence-electron chi connectivity index (χ3n) is 2.40. The average Bonchev–Trinajstić information content (AvgIpc) is 2.31. The molecule has 0 aromatic rings. The number of aliphatic hydroxyl groups is 1. The minimum atomic E-state index is -0.203. The fraction of sp³-hybridized carbons (Fsp3) is 1.00. The lowest BCUT2D eigenvalue weighted by atomic mass is 10.1. The minimum absolute atomic E-state index is 0.203. The monoisotopic (exact) mass is 157 g/mol. The van der Waals surface area contributed by atoms with Crippen LogP contribution in [0, 0.1) is 5.92 Å². The number of rotatable bonds is 3. The third-order valence-corrected chi connectivity index (χ3v) is 2.40. The summed E-state index contributed by atoms with van der Waals surface area (Å²) in [5.74, 6) is 0.876. The van der Waals surface area contributed by atoms with Crippen LogP contribution in [0.5, 0.6) is 0 Å². The second-order valence-corrected chi connectivity index (χ2v) is 3.87. The highest BCUT2D eigenvalue weighted by atomic mass is 16.3. The molecule has 0 saturated heterocycles. The van der Waals surface area contributed by atoms with E-state index in [9.17, 15) is 0 Å². The van der Waals surface area contributed by atoms with Gasteiger partial charge in [-0.25, -0.2) is 0 Å². The molecule has 0 unspecified atom stereocenters. The quantitative estimate of drug-likeness (QED) is 0.644. The van der Waals surface area contributed by atoms with Crippen LogP contribution < -0.4 is 5.32 Å². The first-order valence-corrected chi connectivity index (χ1v) is 4.60. The van der Waals surface area contributed by atoms with Gasteiger partial charge in [-0.2, -0.15) is 0 Å². The molecular formula is C9H19NO. The molecule has 2 N–H and O–H groups in total. The maximum atomic E-state index is 9.02. The Bertz CT molecular complexity index is 114. The fourth-order valence-corrected chi connectivity index (χ4v) is 1.73. The van der Waals surface area contributed by atoms with E-state index in [0.29, 0.717) is 6.04 Å². The van der Waals surface area contributed by atoms with Gasteiger partial charge in [0.05, 0.1) is 6.10 Å². The fourth-order valence-electron chi connectivity index (χ4n) is 1.73. The molecule has 1 saturated carbocycles. The summed E-state index contributed by atoms with van der Waals surface area (Å²) in [6.07, 6.45) is 3.71. The molecule has 0 heterocycles. The standard InChI is InChI=1S/C9H19NO/c1-7-3-4-9(5-7)10-6-8(2)11/h7-11H,3-6H2,1-2H3/t7-,8+,9-/m1/s1. The summed E-state index contributed by atoms with van der Waals surface area (Å²) in [7, 11) is 0. The van der Waals surface area contributed by atoms with Gasteiger partial charge in [-0.05, 0) is 32.1 Å². The average molecular weight is 157 g/mol. The highest BCUT2D eigenvalue weighted by molar-refractivity contribution is 4.78. The summed E-state index contributed by atoms with van der Waals surface area (Å²) in [4.78, 5) is 0. The van der Waals surface area contributed by atoms with Crippen LogP contribution in [0.2, 0.25) is 0 Å². The van der Waals surface area contributed by atoms with E-state index in [1.165, 1.54) is 19.3 Å². The lowest BCUT2D eigenvalue weighted by molar-refractivity contribution is 0.186. The largest absolute Gasteiger partial charge is 0.392 e. The van der Waals surface area contributed by atoms with Gasteiger partial charge in [0.2, 0.25) is 0 Å². The normalized spacial score (nSPS) is 34.1. The van der Waals surface area contributed by atoms with Crippen LogP contribution in [-0.2, 0) is 0 Å². The van der Waals surface area contributed by atoms with Gasteiger partial charge in [-0.15, -0.1) is 0 Å². The van der Waals surface area contributed by atoms with Crippen molar-refractivity contribution in [2.45, 2.75) is 45.3 Å². The molecule has 2 heteroatoms. The van der Waals surface area contributed by atoms with Crippen LogP contribution in [0.3, 0.4) is 0 Å². The molecule has 0 spiro atoms. The number of hydrogen-bond donors (Lipinski definition) is 2. The molecule has 1 rings (SSSR count). The van der Waals surface area contributed by atoms with Crippen LogP contribution in [0.1, 0.15) is 33.1 Å². The first-order valence-electron chi connectivity index (χ1n) is 4.60. The van der Waals surface area contributed by atoms with Crippen LogP contribution in [0.15, 0.2) is 0 Å². The molecule has 1 aliphatic rings. The summed E-state index contributed by atoms with van der Waals surface area (Å²) in [5, 5.41) is 12.4. The van der Waals surface area contributed by atoms with E-state index < -0.39 is 0 Å².